The van der Waals surface area contributed by atoms with E-state index in [4.69, 9.17) is 4.74 Å². The third-order valence-corrected chi connectivity index (χ3v) is 3.26. The Kier molecular flexibility index (Phi) is 1.44. The van der Waals surface area contributed by atoms with Crippen molar-refractivity contribution in [3.05, 3.63) is 0 Å². The molecule has 1 aliphatic carbocycles. The Bertz CT molecular complexity index is 188. The van der Waals surface area contributed by atoms with Crippen molar-refractivity contribution in [1.29, 1.82) is 0 Å². The van der Waals surface area contributed by atoms with Gasteiger partial charge in [0.25, 0.3) is 0 Å². The van der Waals surface area contributed by atoms with Crippen LogP contribution in [-0.2, 0) is 9.53 Å². The van der Waals surface area contributed by atoms with Gasteiger partial charge in [0.1, 0.15) is 0 Å². The predicted octanol–water partition coefficient (Wildman–Crippen LogP) is 1.74. The number of hydrogen-bond acceptors (Lipinski definition) is 2. The Hall–Kier alpha value is -0.530. The topological polar surface area (TPSA) is 26.3 Å². The van der Waals surface area contributed by atoms with Crippen molar-refractivity contribution in [2.45, 2.75) is 32.6 Å². The zero-order chi connectivity index (χ0) is 7.90. The summed E-state index contributed by atoms with van der Waals surface area (Å²) in [7, 11) is 0. The van der Waals surface area contributed by atoms with E-state index < -0.39 is 0 Å². The van der Waals surface area contributed by atoms with Gasteiger partial charge < -0.3 is 4.74 Å². The first-order valence-corrected chi connectivity index (χ1v) is 4.36. The minimum Gasteiger partial charge on any atom is -0.465 e. The molecule has 11 heavy (non-hydrogen) atoms. The summed E-state index contributed by atoms with van der Waals surface area (Å²) in [6, 6.07) is 0. The monoisotopic (exact) mass is 154 g/mol. The summed E-state index contributed by atoms with van der Waals surface area (Å²) in [5, 5.41) is 0. The molecule has 0 unspecified atom stereocenters. The fraction of sp³-hybridized carbons (Fsp3) is 0.889. The molecule has 2 aliphatic rings. The zero-order valence-corrected chi connectivity index (χ0v) is 6.93. The highest BCUT2D eigenvalue weighted by atomic mass is 16.5. The maximum absolute atomic E-state index is 10.9. The van der Waals surface area contributed by atoms with Crippen LogP contribution < -0.4 is 0 Å². The summed E-state index contributed by atoms with van der Waals surface area (Å²) in [6.45, 7) is 2.91. The normalized spacial score (nSPS) is 43.4. The Labute approximate surface area is 66.9 Å². The molecule has 0 amide bonds. The SMILES string of the molecule is C[C@@]12CCC[C@@H]1CC(=O)OC2. The molecular formula is C9H14O2. The van der Waals surface area contributed by atoms with Crippen LogP contribution in [0.5, 0.6) is 0 Å². The van der Waals surface area contributed by atoms with Crippen molar-refractivity contribution < 1.29 is 9.53 Å². The molecule has 0 aromatic carbocycles. The molecule has 2 fully saturated rings. The van der Waals surface area contributed by atoms with Crippen molar-refractivity contribution in [2.24, 2.45) is 11.3 Å². The van der Waals surface area contributed by atoms with Crippen LogP contribution >= 0.6 is 0 Å². The van der Waals surface area contributed by atoms with Gasteiger partial charge in [-0.3, -0.25) is 4.79 Å². The highest BCUT2D eigenvalue weighted by Gasteiger charge is 2.43. The maximum atomic E-state index is 10.9. The molecule has 1 saturated heterocycles. The molecular weight excluding hydrogens is 140 g/mol. The lowest BCUT2D eigenvalue weighted by atomic mass is 9.77. The molecule has 2 rings (SSSR count). The molecule has 1 heterocycles. The van der Waals surface area contributed by atoms with Crippen LogP contribution in [0.3, 0.4) is 0 Å². The summed E-state index contributed by atoms with van der Waals surface area (Å²) in [6.07, 6.45) is 4.41. The van der Waals surface area contributed by atoms with Crippen LogP contribution in [0.25, 0.3) is 0 Å². The molecule has 62 valence electrons. The van der Waals surface area contributed by atoms with Gasteiger partial charge in [-0.15, -0.1) is 0 Å². The third kappa shape index (κ3) is 1.05. The average molecular weight is 154 g/mol. The van der Waals surface area contributed by atoms with E-state index in [-0.39, 0.29) is 5.97 Å². The first-order chi connectivity index (χ1) is 5.21. The summed E-state index contributed by atoms with van der Waals surface area (Å²) >= 11 is 0. The first-order valence-electron chi connectivity index (χ1n) is 4.36. The van der Waals surface area contributed by atoms with Crippen molar-refractivity contribution in [3.8, 4) is 0 Å². The van der Waals surface area contributed by atoms with Crippen LogP contribution in [0.4, 0.5) is 0 Å². The Morgan fingerprint density at radius 1 is 1.64 bits per heavy atom. The molecule has 0 aromatic heterocycles. The third-order valence-electron chi connectivity index (χ3n) is 3.26. The number of cyclic esters (lactones) is 1. The first kappa shape index (κ1) is 7.14. The Morgan fingerprint density at radius 2 is 2.45 bits per heavy atom. The second-order valence-corrected chi connectivity index (χ2v) is 4.11. The smallest absolute Gasteiger partial charge is 0.306 e. The van der Waals surface area contributed by atoms with Gasteiger partial charge in [0.15, 0.2) is 0 Å². The van der Waals surface area contributed by atoms with Gasteiger partial charge in [-0.05, 0) is 18.8 Å². The number of carbonyl (C=O) groups is 1. The van der Waals surface area contributed by atoms with Gasteiger partial charge in [0, 0.05) is 11.8 Å². The van der Waals surface area contributed by atoms with E-state index in [0.717, 1.165) is 0 Å². The van der Waals surface area contributed by atoms with Gasteiger partial charge in [-0.1, -0.05) is 13.3 Å². The molecule has 2 atom stereocenters. The van der Waals surface area contributed by atoms with Crippen molar-refractivity contribution >= 4 is 5.97 Å². The van der Waals surface area contributed by atoms with Gasteiger partial charge in [0.2, 0.25) is 0 Å². The predicted molar refractivity (Wildman–Crippen MR) is 41.0 cm³/mol. The molecule has 0 spiro atoms. The highest BCUT2D eigenvalue weighted by Crippen LogP contribution is 2.47. The number of carbonyl (C=O) groups excluding carboxylic acids is 1. The zero-order valence-electron chi connectivity index (χ0n) is 6.93. The van der Waals surface area contributed by atoms with Crippen molar-refractivity contribution in [1.82, 2.24) is 0 Å². The van der Waals surface area contributed by atoms with Gasteiger partial charge in [-0.2, -0.15) is 0 Å². The quantitative estimate of drug-likeness (QED) is 0.497. The number of hydrogen-bond donors (Lipinski definition) is 0. The number of ether oxygens (including phenoxy) is 1. The lowest BCUT2D eigenvalue weighted by Gasteiger charge is -2.34. The lowest BCUT2D eigenvalue weighted by molar-refractivity contribution is -0.157. The van der Waals surface area contributed by atoms with E-state index in [2.05, 4.69) is 6.92 Å². The van der Waals surface area contributed by atoms with E-state index in [1.54, 1.807) is 0 Å². The summed E-state index contributed by atoms with van der Waals surface area (Å²) in [5.41, 5.74) is 0.327. The Morgan fingerprint density at radius 3 is 3.27 bits per heavy atom. The van der Waals surface area contributed by atoms with Gasteiger partial charge in [0.05, 0.1) is 6.61 Å². The second kappa shape index (κ2) is 2.23. The molecule has 0 N–H and O–H groups in total. The largest absolute Gasteiger partial charge is 0.465 e. The van der Waals surface area contributed by atoms with Crippen molar-refractivity contribution in [2.75, 3.05) is 6.61 Å². The number of rotatable bonds is 0. The van der Waals surface area contributed by atoms with Crippen LogP contribution in [0.15, 0.2) is 0 Å². The molecule has 0 aromatic rings. The van der Waals surface area contributed by atoms with E-state index in [1.165, 1.54) is 19.3 Å². The van der Waals surface area contributed by atoms with Crippen molar-refractivity contribution in [3.63, 3.8) is 0 Å². The van der Waals surface area contributed by atoms with Gasteiger partial charge in [-0.25, -0.2) is 0 Å². The van der Waals surface area contributed by atoms with Crippen LogP contribution in [0.2, 0.25) is 0 Å². The summed E-state index contributed by atoms with van der Waals surface area (Å²) in [5.74, 6) is 0.623. The van der Waals surface area contributed by atoms with E-state index >= 15 is 0 Å². The lowest BCUT2D eigenvalue weighted by Crippen LogP contribution is -2.35. The van der Waals surface area contributed by atoms with Gasteiger partial charge >= 0.3 is 5.97 Å². The fourth-order valence-corrected chi connectivity index (χ4v) is 2.35. The standard InChI is InChI=1S/C9H14O2/c1-9-4-2-3-7(9)5-8(10)11-6-9/h7H,2-6H2,1H3/t7-,9+/m1/s1. The molecule has 0 radical (unpaired) electrons. The van der Waals surface area contributed by atoms with E-state index in [9.17, 15) is 4.79 Å². The average Bonchev–Trinajstić information content (AvgIpc) is 2.31. The maximum Gasteiger partial charge on any atom is 0.306 e. The second-order valence-electron chi connectivity index (χ2n) is 4.11. The molecule has 1 saturated carbocycles. The van der Waals surface area contributed by atoms with Crippen LogP contribution in [0.1, 0.15) is 32.6 Å². The number of fused-ring (bicyclic) bond motifs is 1. The number of esters is 1. The van der Waals surface area contributed by atoms with E-state index in [1.807, 2.05) is 0 Å². The minimum atomic E-state index is 0.00868. The highest BCUT2D eigenvalue weighted by molar-refractivity contribution is 5.70. The molecule has 2 heteroatoms. The Balaban J connectivity index is 2.14. The van der Waals surface area contributed by atoms with E-state index in [0.29, 0.717) is 24.4 Å². The molecule has 2 nitrogen and oxygen atoms in total. The fourth-order valence-electron chi connectivity index (χ4n) is 2.35. The van der Waals surface area contributed by atoms with Crippen LogP contribution in [0, 0.1) is 11.3 Å². The molecule has 0 bridgehead atoms. The minimum absolute atomic E-state index is 0.00868. The summed E-state index contributed by atoms with van der Waals surface area (Å²) in [4.78, 5) is 10.9. The molecule has 1 aliphatic heterocycles. The van der Waals surface area contributed by atoms with Crippen LogP contribution in [-0.4, -0.2) is 12.6 Å². The summed E-state index contributed by atoms with van der Waals surface area (Å²) < 4.78 is 5.06.